The average Bonchev–Trinajstić information content (AvgIpc) is 3.03. The number of rotatable bonds is 4. The molecule has 0 bridgehead atoms. The summed E-state index contributed by atoms with van der Waals surface area (Å²) in [5.41, 5.74) is 1.98. The average molecular weight is 351 g/mol. The first kappa shape index (κ1) is 16.2. The van der Waals surface area contributed by atoms with Crippen molar-refractivity contribution in [1.29, 1.82) is 0 Å². The summed E-state index contributed by atoms with van der Waals surface area (Å²) in [4.78, 5) is 1.84. The summed E-state index contributed by atoms with van der Waals surface area (Å²) in [6.07, 6.45) is 1.62. The van der Waals surface area contributed by atoms with Crippen molar-refractivity contribution in [3.8, 4) is 5.75 Å². The highest BCUT2D eigenvalue weighted by Gasteiger charge is 2.24. The van der Waals surface area contributed by atoms with Crippen LogP contribution in [0.25, 0.3) is 0 Å². The highest BCUT2D eigenvalue weighted by atomic mass is 32.1. The van der Waals surface area contributed by atoms with Gasteiger partial charge in [-0.25, -0.2) is 0 Å². The number of aromatic nitrogens is 2. The van der Waals surface area contributed by atoms with Crippen LogP contribution in [0, 0.1) is 0 Å². The van der Waals surface area contributed by atoms with Gasteiger partial charge >= 0.3 is 0 Å². The summed E-state index contributed by atoms with van der Waals surface area (Å²) in [7, 11) is 1.86. The molecule has 9 heteroatoms. The number of thiol groups is 1. The maximum Gasteiger partial charge on any atom is 0.253 e. The summed E-state index contributed by atoms with van der Waals surface area (Å²) in [6.45, 7) is 0. The summed E-state index contributed by atoms with van der Waals surface area (Å²) in [5, 5.41) is 37.6. The number of aliphatic hydroxyl groups excluding tert-OH is 1. The predicted octanol–water partition coefficient (Wildman–Crippen LogP) is 3.35. The number of hydrogen-bond donors (Lipinski definition) is 3. The van der Waals surface area contributed by atoms with Crippen molar-refractivity contribution < 1.29 is 10.2 Å². The van der Waals surface area contributed by atoms with E-state index in [4.69, 9.17) is 0 Å². The van der Waals surface area contributed by atoms with Gasteiger partial charge in [0, 0.05) is 18.2 Å². The van der Waals surface area contributed by atoms with Crippen LogP contribution in [-0.4, -0.2) is 33.3 Å². The Morgan fingerprint density at radius 2 is 2.22 bits per heavy atom. The van der Waals surface area contributed by atoms with Crippen LogP contribution >= 0.6 is 24.0 Å². The van der Waals surface area contributed by atoms with Crippen LogP contribution in [0.4, 0.5) is 16.0 Å². The van der Waals surface area contributed by atoms with E-state index in [-0.39, 0.29) is 5.75 Å². The second-order valence-corrected chi connectivity index (χ2v) is 6.53. The first-order valence-corrected chi connectivity index (χ1v) is 8.65. The first-order chi connectivity index (χ1) is 11.1. The van der Waals surface area contributed by atoms with Crippen molar-refractivity contribution in [2.75, 3.05) is 17.8 Å². The van der Waals surface area contributed by atoms with Gasteiger partial charge in [-0.2, -0.15) is 12.6 Å². The van der Waals surface area contributed by atoms with Crippen LogP contribution in [-0.2, 0) is 6.42 Å². The monoisotopic (exact) mass is 351 g/mol. The van der Waals surface area contributed by atoms with Gasteiger partial charge in [0.05, 0.1) is 17.7 Å². The summed E-state index contributed by atoms with van der Waals surface area (Å²) >= 11 is 5.49. The van der Waals surface area contributed by atoms with E-state index in [1.807, 2.05) is 11.9 Å². The number of hydrogen-bond acceptors (Lipinski definition) is 9. The molecule has 2 aromatic rings. The zero-order valence-corrected chi connectivity index (χ0v) is 14.3. The number of azo groups is 1. The Hall–Kier alpha value is -1.71. The molecule has 0 aliphatic heterocycles. The second-order valence-electron chi connectivity index (χ2n) is 5.31. The number of phenols is 1. The Kier molecular flexibility index (Phi) is 4.79. The van der Waals surface area contributed by atoms with E-state index < -0.39 is 6.10 Å². The van der Waals surface area contributed by atoms with Crippen LogP contribution in [0.15, 0.2) is 22.4 Å². The molecular weight excluding hydrogens is 334 g/mol. The zero-order valence-electron chi connectivity index (χ0n) is 12.5. The Bertz CT molecular complexity index is 734. The molecule has 7 nitrogen and oxygen atoms in total. The standard InChI is InChI=1S/C14H17N5O2S2/c1-19(7-22)14-18-17-13(23-14)16-15-9-5-6-10(20)8-3-2-4-11(21)12(8)9/h5-6,11,20-22H,2-4,7H2,1H3. The lowest BCUT2D eigenvalue weighted by Gasteiger charge is -2.23. The fourth-order valence-electron chi connectivity index (χ4n) is 2.54. The van der Waals surface area contributed by atoms with Gasteiger partial charge in [0.2, 0.25) is 5.13 Å². The minimum absolute atomic E-state index is 0.200. The van der Waals surface area contributed by atoms with E-state index in [9.17, 15) is 10.2 Å². The highest BCUT2D eigenvalue weighted by molar-refractivity contribution is 7.80. The largest absolute Gasteiger partial charge is 0.508 e. The number of benzene rings is 1. The molecule has 0 fully saturated rings. The van der Waals surface area contributed by atoms with E-state index in [0.29, 0.717) is 33.8 Å². The molecule has 3 rings (SSSR count). The maximum absolute atomic E-state index is 10.2. The second kappa shape index (κ2) is 6.81. The lowest BCUT2D eigenvalue weighted by atomic mass is 9.87. The van der Waals surface area contributed by atoms with Crippen LogP contribution in [0.5, 0.6) is 5.75 Å². The van der Waals surface area contributed by atoms with Gasteiger partial charge in [-0.3, -0.25) is 0 Å². The van der Waals surface area contributed by atoms with Gasteiger partial charge in [-0.15, -0.1) is 20.4 Å². The lowest BCUT2D eigenvalue weighted by Crippen LogP contribution is -2.13. The van der Waals surface area contributed by atoms with Crippen molar-refractivity contribution in [3.63, 3.8) is 0 Å². The molecule has 2 N–H and O–H groups in total. The van der Waals surface area contributed by atoms with Gasteiger partial charge in [0.25, 0.3) is 5.13 Å². The van der Waals surface area contributed by atoms with E-state index >= 15 is 0 Å². The van der Waals surface area contributed by atoms with Crippen molar-refractivity contribution in [2.45, 2.75) is 25.4 Å². The van der Waals surface area contributed by atoms with Gasteiger partial charge in [-0.05, 0) is 31.4 Å². The minimum Gasteiger partial charge on any atom is -0.508 e. The van der Waals surface area contributed by atoms with Crippen molar-refractivity contribution >= 4 is 39.9 Å². The Balaban J connectivity index is 1.90. The van der Waals surface area contributed by atoms with Gasteiger partial charge in [0.15, 0.2) is 0 Å². The van der Waals surface area contributed by atoms with Crippen molar-refractivity contribution in [1.82, 2.24) is 10.2 Å². The molecule has 1 heterocycles. The van der Waals surface area contributed by atoms with E-state index in [0.717, 1.165) is 18.4 Å². The van der Waals surface area contributed by atoms with E-state index in [2.05, 4.69) is 33.1 Å². The lowest BCUT2D eigenvalue weighted by molar-refractivity contribution is 0.156. The smallest absolute Gasteiger partial charge is 0.253 e. The SMILES string of the molecule is CN(CS)c1nnc(N=Nc2ccc(O)c3c2C(O)CCC3)s1. The molecule has 1 aromatic carbocycles. The summed E-state index contributed by atoms with van der Waals surface area (Å²) < 4.78 is 0. The minimum atomic E-state index is -0.625. The zero-order chi connectivity index (χ0) is 16.4. The Labute approximate surface area is 143 Å². The third-order valence-electron chi connectivity index (χ3n) is 3.73. The van der Waals surface area contributed by atoms with E-state index in [1.165, 1.54) is 11.3 Å². The highest BCUT2D eigenvalue weighted by Crippen LogP contribution is 2.41. The molecule has 1 atom stereocenters. The first-order valence-electron chi connectivity index (χ1n) is 7.20. The molecule has 0 spiro atoms. The molecule has 1 aliphatic rings. The number of aromatic hydroxyl groups is 1. The number of aliphatic hydroxyl groups is 1. The summed E-state index contributed by atoms with van der Waals surface area (Å²) in [5.74, 6) is 0.731. The third kappa shape index (κ3) is 3.31. The molecule has 1 aromatic heterocycles. The molecule has 23 heavy (non-hydrogen) atoms. The number of fused-ring (bicyclic) bond motifs is 1. The normalized spacial score (nSPS) is 17.4. The molecule has 122 valence electrons. The fourth-order valence-corrected chi connectivity index (χ4v) is 3.40. The Morgan fingerprint density at radius 3 is 3.00 bits per heavy atom. The van der Waals surface area contributed by atoms with Crippen molar-refractivity contribution in [3.05, 3.63) is 23.3 Å². The van der Waals surface area contributed by atoms with Gasteiger partial charge in [0.1, 0.15) is 5.75 Å². The number of nitrogens with zero attached hydrogens (tertiary/aromatic N) is 5. The van der Waals surface area contributed by atoms with Crippen LogP contribution < -0.4 is 4.90 Å². The molecular formula is C14H17N5O2S2. The number of anilines is 1. The topological polar surface area (TPSA) is 94.2 Å². The van der Waals surface area contributed by atoms with Crippen LogP contribution in [0.2, 0.25) is 0 Å². The van der Waals surface area contributed by atoms with Gasteiger partial charge in [-0.1, -0.05) is 11.3 Å². The summed E-state index contributed by atoms with van der Waals surface area (Å²) in [6, 6.07) is 3.25. The molecule has 0 amide bonds. The predicted molar refractivity (Wildman–Crippen MR) is 92.3 cm³/mol. The Morgan fingerprint density at radius 1 is 1.39 bits per heavy atom. The van der Waals surface area contributed by atoms with Crippen LogP contribution in [0.1, 0.15) is 30.1 Å². The molecule has 1 unspecified atom stereocenters. The van der Waals surface area contributed by atoms with E-state index in [1.54, 1.807) is 12.1 Å². The van der Waals surface area contributed by atoms with Crippen LogP contribution in [0.3, 0.4) is 0 Å². The molecule has 0 saturated heterocycles. The molecule has 0 radical (unpaired) electrons. The number of phenolic OH excluding ortho intramolecular Hbond substituents is 1. The maximum atomic E-state index is 10.2. The molecule has 1 aliphatic carbocycles. The molecule has 0 saturated carbocycles. The van der Waals surface area contributed by atoms with Gasteiger partial charge < -0.3 is 15.1 Å². The quantitative estimate of drug-likeness (QED) is 0.446. The third-order valence-corrected chi connectivity index (χ3v) is 5.08. The van der Waals surface area contributed by atoms with Crippen molar-refractivity contribution in [2.24, 2.45) is 10.2 Å². The fraction of sp³-hybridized carbons (Fsp3) is 0.429.